The van der Waals surface area contributed by atoms with E-state index in [0.717, 1.165) is 11.1 Å². The van der Waals surface area contributed by atoms with Gasteiger partial charge < -0.3 is 9.80 Å². The van der Waals surface area contributed by atoms with Crippen LogP contribution >= 0.6 is 0 Å². The molecule has 0 aromatic heterocycles. The molecule has 0 bridgehead atoms. The fourth-order valence-electron chi connectivity index (χ4n) is 2.46. The minimum absolute atomic E-state index is 0.0353. The van der Waals surface area contributed by atoms with Crippen molar-refractivity contribution < 1.29 is 14.4 Å². The molecule has 1 aromatic carbocycles. The van der Waals surface area contributed by atoms with Crippen molar-refractivity contribution in [3.8, 4) is 0 Å². The van der Waals surface area contributed by atoms with E-state index in [1.54, 1.807) is 0 Å². The Morgan fingerprint density at radius 1 is 1.10 bits per heavy atom. The molecule has 1 aliphatic heterocycles. The van der Waals surface area contributed by atoms with Crippen molar-refractivity contribution in [2.45, 2.75) is 20.8 Å². The van der Waals surface area contributed by atoms with E-state index in [1.807, 2.05) is 39.0 Å². The molecule has 0 atom stereocenters. The monoisotopic (exact) mass is 288 g/mol. The molecule has 0 aliphatic carbocycles. The lowest BCUT2D eigenvalue weighted by Gasteiger charge is -2.32. The number of Topliss-reactive ketones (excluding diaryl/α,β-unsaturated/α-hetero) is 1. The summed E-state index contributed by atoms with van der Waals surface area (Å²) in [6, 6.07) is 5.66. The van der Waals surface area contributed by atoms with Gasteiger partial charge in [-0.25, -0.2) is 0 Å². The van der Waals surface area contributed by atoms with E-state index in [2.05, 4.69) is 0 Å². The summed E-state index contributed by atoms with van der Waals surface area (Å²) in [5, 5.41) is 0. The highest BCUT2D eigenvalue weighted by molar-refractivity contribution is 6.35. The van der Waals surface area contributed by atoms with Crippen molar-refractivity contribution in [1.29, 1.82) is 0 Å². The fourth-order valence-corrected chi connectivity index (χ4v) is 2.46. The van der Waals surface area contributed by atoms with Crippen LogP contribution in [0.25, 0.3) is 0 Å². The fraction of sp³-hybridized carbons (Fsp3) is 0.438. The molecular formula is C16H20N2O3. The van der Waals surface area contributed by atoms with Gasteiger partial charge in [0.15, 0.2) is 5.78 Å². The van der Waals surface area contributed by atoms with Crippen molar-refractivity contribution in [3.63, 3.8) is 0 Å². The molecule has 1 heterocycles. The number of piperazine rings is 1. The summed E-state index contributed by atoms with van der Waals surface area (Å²) in [5.41, 5.74) is 2.51. The van der Waals surface area contributed by atoms with Crippen LogP contribution in [0, 0.1) is 13.8 Å². The molecule has 21 heavy (non-hydrogen) atoms. The first-order chi connectivity index (χ1) is 9.93. The highest BCUT2D eigenvalue weighted by Gasteiger charge is 2.32. The maximum absolute atomic E-state index is 12.4. The molecule has 1 aliphatic rings. The van der Waals surface area contributed by atoms with Gasteiger partial charge >= 0.3 is 11.8 Å². The lowest BCUT2D eigenvalue weighted by molar-refractivity contribution is -0.155. The van der Waals surface area contributed by atoms with Gasteiger partial charge in [-0.05, 0) is 32.4 Å². The second kappa shape index (κ2) is 6.08. The molecule has 0 radical (unpaired) electrons. The zero-order chi connectivity index (χ0) is 15.6. The number of hydrogen-bond donors (Lipinski definition) is 0. The third-order valence-electron chi connectivity index (χ3n) is 3.81. The van der Waals surface area contributed by atoms with Crippen LogP contribution in [-0.2, 0) is 9.59 Å². The number of nitrogens with zero attached hydrogens (tertiary/aromatic N) is 2. The van der Waals surface area contributed by atoms with Crippen molar-refractivity contribution in [1.82, 2.24) is 9.80 Å². The standard InChI is InChI=1S/C16H20N2O3/c1-4-17-7-8-18(16(21)15(17)20)10-14(19)13-9-11(2)5-6-12(13)3/h5-6,9H,4,7-8,10H2,1-3H3. The highest BCUT2D eigenvalue weighted by Crippen LogP contribution is 2.13. The molecule has 2 rings (SSSR count). The van der Waals surface area contributed by atoms with Crippen LogP contribution in [0.15, 0.2) is 18.2 Å². The average Bonchev–Trinajstić information content (AvgIpc) is 2.46. The third kappa shape index (κ3) is 3.12. The van der Waals surface area contributed by atoms with E-state index < -0.39 is 11.8 Å². The Hall–Kier alpha value is -2.17. The summed E-state index contributed by atoms with van der Waals surface area (Å²) in [7, 11) is 0. The molecule has 2 amide bonds. The minimum Gasteiger partial charge on any atom is -0.333 e. The Labute approximate surface area is 124 Å². The topological polar surface area (TPSA) is 57.7 Å². The highest BCUT2D eigenvalue weighted by atomic mass is 16.2. The van der Waals surface area contributed by atoms with Gasteiger partial charge in [-0.3, -0.25) is 14.4 Å². The molecule has 0 unspecified atom stereocenters. The predicted octanol–water partition coefficient (Wildman–Crippen LogP) is 1.18. The van der Waals surface area contributed by atoms with Crippen LogP contribution < -0.4 is 0 Å². The maximum atomic E-state index is 12.4. The van der Waals surface area contributed by atoms with E-state index in [9.17, 15) is 14.4 Å². The van der Waals surface area contributed by atoms with Crippen LogP contribution in [0.5, 0.6) is 0 Å². The van der Waals surface area contributed by atoms with Crippen molar-refractivity contribution in [2.24, 2.45) is 0 Å². The van der Waals surface area contributed by atoms with Gasteiger partial charge in [0.1, 0.15) is 0 Å². The number of amides is 2. The number of hydrogen-bond acceptors (Lipinski definition) is 3. The lowest BCUT2D eigenvalue weighted by atomic mass is 10.0. The molecular weight excluding hydrogens is 268 g/mol. The van der Waals surface area contributed by atoms with E-state index in [0.29, 0.717) is 25.2 Å². The van der Waals surface area contributed by atoms with Gasteiger partial charge in [0, 0.05) is 25.2 Å². The minimum atomic E-state index is -0.582. The Bertz CT molecular complexity index is 595. The molecule has 1 aromatic rings. The average molecular weight is 288 g/mol. The van der Waals surface area contributed by atoms with Crippen molar-refractivity contribution >= 4 is 17.6 Å². The van der Waals surface area contributed by atoms with Crippen LogP contribution in [-0.4, -0.2) is 53.6 Å². The number of carbonyl (C=O) groups is 3. The number of rotatable bonds is 4. The van der Waals surface area contributed by atoms with E-state index >= 15 is 0 Å². The van der Waals surface area contributed by atoms with E-state index in [4.69, 9.17) is 0 Å². The zero-order valence-electron chi connectivity index (χ0n) is 12.7. The summed E-state index contributed by atoms with van der Waals surface area (Å²) in [6.07, 6.45) is 0. The first-order valence-corrected chi connectivity index (χ1v) is 7.12. The first-order valence-electron chi connectivity index (χ1n) is 7.12. The molecule has 5 nitrogen and oxygen atoms in total. The Morgan fingerprint density at radius 3 is 2.38 bits per heavy atom. The SMILES string of the molecule is CCN1CCN(CC(=O)c2cc(C)ccc2C)C(=O)C1=O. The van der Waals surface area contributed by atoms with Gasteiger partial charge in [-0.1, -0.05) is 17.7 Å². The maximum Gasteiger partial charge on any atom is 0.312 e. The number of carbonyl (C=O) groups excluding carboxylic acids is 3. The third-order valence-corrected chi connectivity index (χ3v) is 3.81. The van der Waals surface area contributed by atoms with Crippen LogP contribution in [0.2, 0.25) is 0 Å². The quantitative estimate of drug-likeness (QED) is 0.617. The number of benzene rings is 1. The van der Waals surface area contributed by atoms with E-state index in [1.165, 1.54) is 9.80 Å². The Kier molecular flexibility index (Phi) is 4.40. The molecule has 1 fully saturated rings. The summed E-state index contributed by atoms with van der Waals surface area (Å²) in [6.45, 7) is 7.01. The number of likely N-dealkylation sites (N-methyl/N-ethyl adjacent to an activating group) is 1. The molecule has 0 saturated carbocycles. The lowest BCUT2D eigenvalue weighted by Crippen LogP contribution is -2.55. The van der Waals surface area contributed by atoms with Gasteiger partial charge in [0.25, 0.3) is 0 Å². The Balaban J connectivity index is 2.11. The summed E-state index contributed by atoms with van der Waals surface area (Å²) >= 11 is 0. The molecule has 1 saturated heterocycles. The van der Waals surface area contributed by atoms with Crippen molar-refractivity contribution in [2.75, 3.05) is 26.2 Å². The first kappa shape index (κ1) is 15.2. The predicted molar refractivity (Wildman–Crippen MR) is 79.1 cm³/mol. The van der Waals surface area contributed by atoms with Crippen LogP contribution in [0.4, 0.5) is 0 Å². The number of aryl methyl sites for hydroxylation is 2. The largest absolute Gasteiger partial charge is 0.333 e. The molecule has 112 valence electrons. The normalized spacial score (nSPS) is 15.6. The van der Waals surface area contributed by atoms with Crippen LogP contribution in [0.1, 0.15) is 28.4 Å². The Morgan fingerprint density at radius 2 is 1.71 bits per heavy atom. The summed E-state index contributed by atoms with van der Waals surface area (Å²) in [4.78, 5) is 39.0. The second-order valence-electron chi connectivity index (χ2n) is 5.35. The number of ketones is 1. The second-order valence-corrected chi connectivity index (χ2v) is 5.35. The van der Waals surface area contributed by atoms with E-state index in [-0.39, 0.29) is 12.3 Å². The van der Waals surface area contributed by atoms with Crippen LogP contribution in [0.3, 0.4) is 0 Å². The summed E-state index contributed by atoms with van der Waals surface area (Å²) < 4.78 is 0. The van der Waals surface area contributed by atoms with Gasteiger partial charge in [0.2, 0.25) is 0 Å². The molecule has 0 spiro atoms. The van der Waals surface area contributed by atoms with Crippen molar-refractivity contribution in [3.05, 3.63) is 34.9 Å². The molecule has 5 heteroatoms. The smallest absolute Gasteiger partial charge is 0.312 e. The summed E-state index contributed by atoms with van der Waals surface area (Å²) in [5.74, 6) is -1.22. The van der Waals surface area contributed by atoms with Gasteiger partial charge in [-0.2, -0.15) is 0 Å². The van der Waals surface area contributed by atoms with Gasteiger partial charge in [-0.15, -0.1) is 0 Å². The zero-order valence-corrected chi connectivity index (χ0v) is 12.7. The molecule has 0 N–H and O–H groups in total. The van der Waals surface area contributed by atoms with Gasteiger partial charge in [0.05, 0.1) is 6.54 Å².